The summed E-state index contributed by atoms with van der Waals surface area (Å²) in [5.74, 6) is -2.12. The maximum Gasteiger partial charge on any atom is 0.331 e. The molecule has 43 heavy (non-hydrogen) atoms. The predicted octanol–water partition coefficient (Wildman–Crippen LogP) is 2.44. The first-order valence-corrected chi connectivity index (χ1v) is 14.4. The number of likely N-dealkylation sites (tertiary alicyclic amines) is 1. The highest BCUT2D eigenvalue weighted by molar-refractivity contribution is 6.31. The summed E-state index contributed by atoms with van der Waals surface area (Å²) in [7, 11) is 0. The van der Waals surface area contributed by atoms with E-state index in [1.807, 2.05) is 19.9 Å². The van der Waals surface area contributed by atoms with Crippen molar-refractivity contribution in [3.8, 4) is 6.07 Å². The molecule has 3 aromatic rings. The van der Waals surface area contributed by atoms with Crippen molar-refractivity contribution in [2.45, 2.75) is 51.1 Å². The van der Waals surface area contributed by atoms with Crippen molar-refractivity contribution in [1.29, 1.82) is 5.26 Å². The third kappa shape index (κ3) is 5.48. The van der Waals surface area contributed by atoms with E-state index in [1.165, 1.54) is 33.7 Å². The number of benzene rings is 2. The molecule has 5 rings (SSSR count). The van der Waals surface area contributed by atoms with Crippen LogP contribution in [-0.4, -0.2) is 45.0 Å². The minimum Gasteiger partial charge on any atom is -0.369 e. The first-order valence-electron chi connectivity index (χ1n) is 14.0. The molecule has 1 aliphatic carbocycles. The fourth-order valence-electron chi connectivity index (χ4n) is 5.87. The Balaban J connectivity index is 1.51. The minimum absolute atomic E-state index is 0.0487. The van der Waals surface area contributed by atoms with Crippen LogP contribution in [0.25, 0.3) is 10.9 Å². The third-order valence-electron chi connectivity index (χ3n) is 8.37. The molecule has 1 saturated carbocycles. The number of anilines is 1. The molecular weight excluding hydrogens is 574 g/mol. The molecule has 2 heterocycles. The summed E-state index contributed by atoms with van der Waals surface area (Å²) in [6, 6.07) is 10.2. The molecule has 0 bridgehead atoms. The van der Waals surface area contributed by atoms with Crippen LogP contribution in [0.5, 0.6) is 0 Å². The van der Waals surface area contributed by atoms with Crippen LogP contribution >= 0.6 is 11.6 Å². The monoisotopic (exact) mass is 605 g/mol. The number of nitrogens with one attached hydrogen (secondary N) is 1. The number of urea groups is 1. The molecule has 2 unspecified atom stereocenters. The summed E-state index contributed by atoms with van der Waals surface area (Å²) in [6.45, 7) is 3.80. The Kier molecular flexibility index (Phi) is 7.79. The van der Waals surface area contributed by atoms with E-state index in [4.69, 9.17) is 23.1 Å². The number of amides is 4. The summed E-state index contributed by atoms with van der Waals surface area (Å²) in [5, 5.41) is 12.4. The second-order valence-corrected chi connectivity index (χ2v) is 12.1. The zero-order chi connectivity index (χ0) is 31.2. The molecule has 13 heteroatoms. The Labute approximate surface area is 251 Å². The molecule has 1 saturated heterocycles. The van der Waals surface area contributed by atoms with Gasteiger partial charge in [-0.1, -0.05) is 17.7 Å². The van der Waals surface area contributed by atoms with Crippen molar-refractivity contribution in [1.82, 2.24) is 14.0 Å². The van der Waals surface area contributed by atoms with E-state index in [-0.39, 0.29) is 52.9 Å². The van der Waals surface area contributed by atoms with Gasteiger partial charge in [0.1, 0.15) is 6.07 Å². The molecule has 0 radical (unpaired) electrons. The standard InChI is InChI=1S/C30H32ClN7O5/c1-16(2)38-24-8-7-21(10-22(24)26(40)37(29(38)43)13-17-3-4-17)35-28(42)36-14-19(25(33)39)11-30(15-36,27(34)41)20-6-5-18(12-32)23(31)9-20/h5-10,16-17,19H,3-4,11,13-15H2,1-2H3,(H2,33,39)(H2,34,41)(H,35,42). The summed E-state index contributed by atoms with van der Waals surface area (Å²) in [6.07, 6.45) is 1.88. The number of carbonyl (C=O) groups is 3. The van der Waals surface area contributed by atoms with E-state index >= 15 is 0 Å². The van der Waals surface area contributed by atoms with Gasteiger partial charge in [-0.05, 0) is 74.9 Å². The van der Waals surface area contributed by atoms with Crippen molar-refractivity contribution >= 4 is 46.0 Å². The van der Waals surface area contributed by atoms with Crippen molar-refractivity contribution in [2.75, 3.05) is 18.4 Å². The SMILES string of the molecule is CC(C)n1c(=O)n(CC2CC2)c(=O)c2cc(NC(=O)N3CC(C(N)=O)CC(C(N)=O)(c4ccc(C#N)c(Cl)c4)C3)ccc21. The van der Waals surface area contributed by atoms with E-state index in [9.17, 15) is 29.2 Å². The number of halogens is 1. The van der Waals surface area contributed by atoms with Gasteiger partial charge in [0.25, 0.3) is 5.56 Å². The molecule has 2 aromatic carbocycles. The Hall–Kier alpha value is -4.63. The number of hydrogen-bond donors (Lipinski definition) is 3. The van der Waals surface area contributed by atoms with Crippen LogP contribution < -0.4 is 28.0 Å². The molecule has 12 nitrogen and oxygen atoms in total. The van der Waals surface area contributed by atoms with E-state index in [0.717, 1.165) is 12.8 Å². The van der Waals surface area contributed by atoms with Gasteiger partial charge in [0.05, 0.1) is 32.8 Å². The smallest absolute Gasteiger partial charge is 0.331 e. The highest BCUT2D eigenvalue weighted by atomic mass is 35.5. The van der Waals surface area contributed by atoms with Crippen molar-refractivity contribution in [3.63, 3.8) is 0 Å². The lowest BCUT2D eigenvalue weighted by atomic mass is 9.69. The van der Waals surface area contributed by atoms with Gasteiger partial charge in [-0.3, -0.25) is 23.5 Å². The van der Waals surface area contributed by atoms with E-state index in [2.05, 4.69) is 5.32 Å². The summed E-state index contributed by atoms with van der Waals surface area (Å²) >= 11 is 6.26. The zero-order valence-electron chi connectivity index (χ0n) is 23.8. The van der Waals surface area contributed by atoms with Gasteiger partial charge in [0, 0.05) is 31.4 Å². The Bertz CT molecular complexity index is 1820. The van der Waals surface area contributed by atoms with Gasteiger partial charge in [-0.25, -0.2) is 9.59 Å². The van der Waals surface area contributed by atoms with Crippen LogP contribution in [0.3, 0.4) is 0 Å². The van der Waals surface area contributed by atoms with Gasteiger partial charge >= 0.3 is 11.7 Å². The molecule has 4 amide bonds. The molecule has 1 aliphatic heterocycles. The first kappa shape index (κ1) is 29.8. The van der Waals surface area contributed by atoms with Crippen LogP contribution in [0, 0.1) is 23.2 Å². The minimum atomic E-state index is -1.51. The average Bonchev–Trinajstić information content (AvgIpc) is 3.79. The predicted molar refractivity (Wildman–Crippen MR) is 161 cm³/mol. The quantitative estimate of drug-likeness (QED) is 0.371. The molecule has 2 fully saturated rings. The van der Waals surface area contributed by atoms with E-state index in [1.54, 1.807) is 16.7 Å². The largest absolute Gasteiger partial charge is 0.369 e. The first-order chi connectivity index (χ1) is 20.4. The van der Waals surface area contributed by atoms with Gasteiger partial charge in [0.15, 0.2) is 0 Å². The maximum atomic E-state index is 13.6. The summed E-state index contributed by atoms with van der Waals surface area (Å²) < 4.78 is 2.83. The molecule has 224 valence electrons. The lowest BCUT2D eigenvalue weighted by molar-refractivity contribution is -0.129. The number of carbonyl (C=O) groups excluding carboxylic acids is 3. The van der Waals surface area contributed by atoms with Crippen molar-refractivity contribution in [3.05, 3.63) is 73.4 Å². The van der Waals surface area contributed by atoms with Crippen molar-refractivity contribution < 1.29 is 14.4 Å². The lowest BCUT2D eigenvalue weighted by Gasteiger charge is -2.43. The number of nitrogens with zero attached hydrogens (tertiary/aromatic N) is 4. The third-order valence-corrected chi connectivity index (χ3v) is 8.69. The van der Waals surface area contributed by atoms with Crippen molar-refractivity contribution in [2.24, 2.45) is 23.3 Å². The number of piperidine rings is 1. The fourth-order valence-corrected chi connectivity index (χ4v) is 6.09. The fraction of sp³-hybridized carbons (Fsp3) is 0.400. The number of primary amides is 2. The second kappa shape index (κ2) is 11.2. The molecule has 0 spiro atoms. The molecule has 1 aromatic heterocycles. The molecule has 2 aliphatic rings. The van der Waals surface area contributed by atoms with Crippen LogP contribution in [0.1, 0.15) is 50.3 Å². The highest BCUT2D eigenvalue weighted by Gasteiger charge is 2.48. The van der Waals surface area contributed by atoms with Gasteiger partial charge in [-0.15, -0.1) is 0 Å². The number of nitriles is 1. The summed E-state index contributed by atoms with van der Waals surface area (Å²) in [5.41, 5.74) is 10.5. The Morgan fingerprint density at radius 2 is 1.86 bits per heavy atom. The topological polar surface area (TPSA) is 186 Å². The van der Waals surface area contributed by atoms with Crippen LogP contribution in [-0.2, 0) is 21.5 Å². The normalized spacial score (nSPS) is 20.2. The number of fused-ring (bicyclic) bond motifs is 1. The van der Waals surface area contributed by atoms with Crippen LogP contribution in [0.4, 0.5) is 10.5 Å². The lowest BCUT2D eigenvalue weighted by Crippen LogP contribution is -2.60. The molecule has 5 N–H and O–H groups in total. The number of rotatable bonds is 7. The Morgan fingerprint density at radius 3 is 2.44 bits per heavy atom. The number of aromatic nitrogens is 2. The molecular formula is C30H32ClN7O5. The number of hydrogen-bond acceptors (Lipinski definition) is 6. The second-order valence-electron chi connectivity index (χ2n) is 11.7. The van der Waals surface area contributed by atoms with Gasteiger partial charge in [-0.2, -0.15) is 5.26 Å². The van der Waals surface area contributed by atoms with E-state index < -0.39 is 34.7 Å². The number of nitrogens with two attached hydrogens (primary N) is 2. The Morgan fingerprint density at radius 1 is 1.14 bits per heavy atom. The van der Waals surface area contributed by atoms with Crippen LogP contribution in [0.15, 0.2) is 46.0 Å². The highest BCUT2D eigenvalue weighted by Crippen LogP contribution is 2.38. The summed E-state index contributed by atoms with van der Waals surface area (Å²) in [4.78, 5) is 66.9. The molecule has 2 atom stereocenters. The average molecular weight is 606 g/mol. The van der Waals surface area contributed by atoms with E-state index in [0.29, 0.717) is 23.5 Å². The van der Waals surface area contributed by atoms with Crippen LogP contribution in [0.2, 0.25) is 5.02 Å². The van der Waals surface area contributed by atoms with Gasteiger partial charge in [0.2, 0.25) is 11.8 Å². The zero-order valence-corrected chi connectivity index (χ0v) is 24.6. The maximum absolute atomic E-state index is 13.6. The van der Waals surface area contributed by atoms with Gasteiger partial charge < -0.3 is 21.7 Å².